The monoisotopic (exact) mass is 486 g/mol. The van der Waals surface area contributed by atoms with Crippen LogP contribution in [0.4, 0.5) is 13.2 Å². The van der Waals surface area contributed by atoms with Crippen LogP contribution in [0, 0.1) is 0 Å². The predicted molar refractivity (Wildman–Crippen MR) is 114 cm³/mol. The van der Waals surface area contributed by atoms with Gasteiger partial charge in [0.1, 0.15) is 11.5 Å². The number of nitrogens with one attached hydrogen (secondary N) is 1. The van der Waals surface area contributed by atoms with Crippen molar-refractivity contribution in [3.05, 3.63) is 54.1 Å². The van der Waals surface area contributed by atoms with Crippen LogP contribution in [-0.2, 0) is 21.2 Å². The summed E-state index contributed by atoms with van der Waals surface area (Å²) in [4.78, 5) is 14.3. The SMILES string of the molecule is COc1cccc(CC2CCCN2C(=O)CCNS(=O)(=O)c2ccc(OC(F)(F)F)cc2)c1. The first-order valence-electron chi connectivity index (χ1n) is 10.4. The number of ether oxygens (including phenoxy) is 2. The first-order chi connectivity index (χ1) is 15.6. The fourth-order valence-electron chi connectivity index (χ4n) is 3.79. The lowest BCUT2D eigenvalue weighted by atomic mass is 10.0. The first-order valence-corrected chi connectivity index (χ1v) is 11.8. The molecule has 0 saturated carbocycles. The highest BCUT2D eigenvalue weighted by atomic mass is 32.2. The highest BCUT2D eigenvalue weighted by Gasteiger charge is 2.31. The number of hydrogen-bond acceptors (Lipinski definition) is 5. The minimum Gasteiger partial charge on any atom is -0.497 e. The van der Waals surface area contributed by atoms with E-state index in [2.05, 4.69) is 9.46 Å². The number of carbonyl (C=O) groups is 1. The topological polar surface area (TPSA) is 84.9 Å². The Labute approximate surface area is 190 Å². The van der Waals surface area contributed by atoms with Crippen LogP contribution >= 0.6 is 0 Å². The molecule has 1 aliphatic heterocycles. The molecule has 1 saturated heterocycles. The fourth-order valence-corrected chi connectivity index (χ4v) is 4.82. The van der Waals surface area contributed by atoms with Crippen molar-refractivity contribution in [3.63, 3.8) is 0 Å². The Bertz CT molecular complexity index is 1060. The van der Waals surface area contributed by atoms with E-state index in [-0.39, 0.29) is 29.8 Å². The molecule has 2 aromatic carbocycles. The minimum atomic E-state index is -4.86. The molecule has 0 spiro atoms. The van der Waals surface area contributed by atoms with Crippen molar-refractivity contribution in [1.82, 2.24) is 9.62 Å². The van der Waals surface area contributed by atoms with Gasteiger partial charge in [-0.25, -0.2) is 13.1 Å². The van der Waals surface area contributed by atoms with Crippen LogP contribution in [0.2, 0.25) is 0 Å². The Morgan fingerprint density at radius 2 is 1.88 bits per heavy atom. The van der Waals surface area contributed by atoms with Gasteiger partial charge >= 0.3 is 6.36 Å². The van der Waals surface area contributed by atoms with Crippen LogP contribution in [0.25, 0.3) is 0 Å². The van der Waals surface area contributed by atoms with E-state index < -0.39 is 22.1 Å². The predicted octanol–water partition coefficient (Wildman–Crippen LogP) is 3.50. The van der Waals surface area contributed by atoms with Gasteiger partial charge in [0.15, 0.2) is 0 Å². The van der Waals surface area contributed by atoms with Gasteiger partial charge in [-0.05, 0) is 61.2 Å². The van der Waals surface area contributed by atoms with Gasteiger partial charge in [-0.3, -0.25) is 4.79 Å². The number of carbonyl (C=O) groups excluding carboxylic acids is 1. The minimum absolute atomic E-state index is 0.0247. The van der Waals surface area contributed by atoms with Gasteiger partial charge in [0.05, 0.1) is 12.0 Å². The number of rotatable bonds is 9. The lowest BCUT2D eigenvalue weighted by Crippen LogP contribution is -2.38. The van der Waals surface area contributed by atoms with Crippen LogP contribution in [0.15, 0.2) is 53.4 Å². The van der Waals surface area contributed by atoms with Gasteiger partial charge in [0, 0.05) is 25.6 Å². The van der Waals surface area contributed by atoms with E-state index in [0.717, 1.165) is 48.4 Å². The van der Waals surface area contributed by atoms with Gasteiger partial charge < -0.3 is 14.4 Å². The third-order valence-corrected chi connectivity index (χ3v) is 6.78. The van der Waals surface area contributed by atoms with Gasteiger partial charge in [0.2, 0.25) is 15.9 Å². The molecule has 7 nitrogen and oxygen atoms in total. The summed E-state index contributed by atoms with van der Waals surface area (Å²) in [5.41, 5.74) is 1.05. The van der Waals surface area contributed by atoms with Crippen molar-refractivity contribution in [2.24, 2.45) is 0 Å². The number of hydrogen-bond donors (Lipinski definition) is 1. The molecule has 0 bridgehead atoms. The molecule has 1 unspecified atom stereocenters. The molecule has 1 atom stereocenters. The quantitative estimate of drug-likeness (QED) is 0.587. The Morgan fingerprint density at radius 1 is 1.15 bits per heavy atom. The van der Waals surface area contributed by atoms with Crippen molar-refractivity contribution in [3.8, 4) is 11.5 Å². The molecular formula is C22H25F3N2O5S. The number of benzene rings is 2. The molecule has 33 heavy (non-hydrogen) atoms. The lowest BCUT2D eigenvalue weighted by molar-refractivity contribution is -0.274. The molecule has 1 N–H and O–H groups in total. The average molecular weight is 487 g/mol. The molecule has 0 radical (unpaired) electrons. The van der Waals surface area contributed by atoms with Crippen LogP contribution in [-0.4, -0.2) is 51.8 Å². The second-order valence-electron chi connectivity index (χ2n) is 7.61. The van der Waals surface area contributed by atoms with E-state index >= 15 is 0 Å². The number of amides is 1. The van der Waals surface area contributed by atoms with Crippen molar-refractivity contribution in [1.29, 1.82) is 0 Å². The molecule has 1 aliphatic rings. The van der Waals surface area contributed by atoms with E-state index in [1.807, 2.05) is 24.3 Å². The highest BCUT2D eigenvalue weighted by Crippen LogP contribution is 2.25. The molecule has 180 valence electrons. The summed E-state index contributed by atoms with van der Waals surface area (Å²) in [7, 11) is -2.39. The third kappa shape index (κ3) is 7.10. The maximum absolute atomic E-state index is 12.7. The zero-order chi connectivity index (χ0) is 24.1. The number of halogens is 3. The summed E-state index contributed by atoms with van der Waals surface area (Å²) in [6.07, 6.45) is -2.47. The van der Waals surface area contributed by atoms with E-state index in [4.69, 9.17) is 4.74 Å². The summed E-state index contributed by atoms with van der Waals surface area (Å²) in [5.74, 6) is 0.0699. The molecule has 1 fully saturated rings. The van der Waals surface area contributed by atoms with Gasteiger partial charge in [0.25, 0.3) is 0 Å². The largest absolute Gasteiger partial charge is 0.573 e. The zero-order valence-electron chi connectivity index (χ0n) is 18.0. The maximum atomic E-state index is 12.7. The second-order valence-corrected chi connectivity index (χ2v) is 9.37. The van der Waals surface area contributed by atoms with Crippen molar-refractivity contribution < 1.29 is 35.9 Å². The Balaban J connectivity index is 1.53. The number of methoxy groups -OCH3 is 1. The summed E-state index contributed by atoms with van der Waals surface area (Å²) in [6, 6.07) is 11.5. The molecule has 1 heterocycles. The highest BCUT2D eigenvalue weighted by molar-refractivity contribution is 7.89. The molecular weight excluding hydrogens is 461 g/mol. The molecule has 11 heteroatoms. The van der Waals surface area contributed by atoms with Gasteiger partial charge in [-0.15, -0.1) is 13.2 Å². The number of likely N-dealkylation sites (tertiary alicyclic amines) is 1. The van der Waals surface area contributed by atoms with Crippen LogP contribution in [0.3, 0.4) is 0 Å². The van der Waals surface area contributed by atoms with Crippen molar-refractivity contribution >= 4 is 15.9 Å². The third-order valence-electron chi connectivity index (χ3n) is 5.30. The Kier molecular flexibility index (Phi) is 7.85. The van der Waals surface area contributed by atoms with Crippen LogP contribution in [0.1, 0.15) is 24.8 Å². The molecule has 0 aliphatic carbocycles. The normalized spacial score (nSPS) is 16.6. The van der Waals surface area contributed by atoms with E-state index in [1.54, 1.807) is 12.0 Å². The number of sulfonamides is 1. The second kappa shape index (κ2) is 10.4. The fraction of sp³-hybridized carbons (Fsp3) is 0.409. The smallest absolute Gasteiger partial charge is 0.497 e. The van der Waals surface area contributed by atoms with Crippen molar-refractivity contribution in [2.45, 2.75) is 43.0 Å². The average Bonchev–Trinajstić information content (AvgIpc) is 3.21. The van der Waals surface area contributed by atoms with Crippen LogP contribution < -0.4 is 14.2 Å². The standard InChI is InChI=1S/C22H25F3N2O5S/c1-31-19-6-2-4-16(15-19)14-17-5-3-13-27(17)21(28)11-12-26-33(29,30)20-9-7-18(8-10-20)32-22(23,24)25/h2,4,6-10,15,17,26H,3,5,11-14H2,1H3. The van der Waals surface area contributed by atoms with Gasteiger partial charge in [-0.2, -0.15) is 0 Å². The summed E-state index contributed by atoms with van der Waals surface area (Å²) < 4.78 is 72.8. The van der Waals surface area contributed by atoms with Crippen molar-refractivity contribution in [2.75, 3.05) is 20.2 Å². The molecule has 1 amide bonds. The van der Waals surface area contributed by atoms with E-state index in [9.17, 15) is 26.4 Å². The Morgan fingerprint density at radius 3 is 2.55 bits per heavy atom. The summed E-state index contributed by atoms with van der Waals surface area (Å²) in [6.45, 7) is 0.491. The molecule has 2 aromatic rings. The maximum Gasteiger partial charge on any atom is 0.573 e. The molecule has 3 rings (SSSR count). The lowest BCUT2D eigenvalue weighted by Gasteiger charge is -2.25. The van der Waals surface area contributed by atoms with Crippen LogP contribution in [0.5, 0.6) is 11.5 Å². The zero-order valence-corrected chi connectivity index (χ0v) is 18.8. The van der Waals surface area contributed by atoms with E-state index in [0.29, 0.717) is 13.0 Å². The number of nitrogens with zero attached hydrogens (tertiary/aromatic N) is 1. The summed E-state index contributed by atoms with van der Waals surface area (Å²) >= 11 is 0. The Hall–Kier alpha value is -2.79. The summed E-state index contributed by atoms with van der Waals surface area (Å²) in [5, 5.41) is 0. The number of alkyl halides is 3. The molecule has 0 aromatic heterocycles. The first kappa shape index (κ1) is 24.8. The van der Waals surface area contributed by atoms with E-state index in [1.165, 1.54) is 0 Å². The van der Waals surface area contributed by atoms with Gasteiger partial charge in [-0.1, -0.05) is 12.1 Å².